The normalized spacial score (nSPS) is 11.5. The van der Waals surface area contributed by atoms with Crippen molar-refractivity contribution in [2.45, 2.75) is 246 Å². The van der Waals surface area contributed by atoms with Gasteiger partial charge in [0.25, 0.3) is 0 Å². The topological polar surface area (TPSA) is 82.2 Å². The van der Waals surface area contributed by atoms with Crippen LogP contribution >= 0.6 is 0 Å². The second kappa shape index (κ2) is 47.4. The molecule has 0 aliphatic rings. The summed E-state index contributed by atoms with van der Waals surface area (Å²) in [6.07, 6.45) is 41.9. The highest BCUT2D eigenvalue weighted by atomic mass is 16.5. The summed E-state index contributed by atoms with van der Waals surface area (Å²) >= 11 is 0. The highest BCUT2D eigenvalue weighted by Crippen LogP contribution is 2.14. The SMILES string of the molecule is CCCCCCCCCCN(CCCCCCCC)CCCCC(=O)N(CCCCCCN(CCCCCCCCCC)CCCC(=O)OCCCCC)CCNC=O. The Morgan fingerprint density at radius 2 is 0.763 bits per heavy atom. The molecule has 8 nitrogen and oxygen atoms in total. The van der Waals surface area contributed by atoms with Crippen molar-refractivity contribution in [1.82, 2.24) is 20.0 Å². The van der Waals surface area contributed by atoms with Crippen molar-refractivity contribution in [3.8, 4) is 0 Å². The number of unbranched alkanes of at least 4 members (excludes halogenated alkanes) is 25. The lowest BCUT2D eigenvalue weighted by molar-refractivity contribution is -0.144. The van der Waals surface area contributed by atoms with Crippen LogP contribution in [0, 0.1) is 0 Å². The molecule has 0 rings (SSSR count). The minimum Gasteiger partial charge on any atom is -0.466 e. The van der Waals surface area contributed by atoms with E-state index in [-0.39, 0.29) is 11.9 Å². The quantitative estimate of drug-likeness (QED) is 0.0373. The van der Waals surface area contributed by atoms with Crippen LogP contribution in [0.1, 0.15) is 246 Å². The average Bonchev–Trinajstić information content (AvgIpc) is 3.24. The van der Waals surface area contributed by atoms with E-state index in [1.54, 1.807) is 0 Å². The monoisotopic (exact) mass is 835 g/mol. The van der Waals surface area contributed by atoms with Gasteiger partial charge in [0.2, 0.25) is 12.3 Å². The standard InChI is InChI=1S/C51H102N4O4/c1-5-9-13-16-19-21-24-30-41-53(40-29-23-18-15-11-7-3)44-34-28-37-50(57)55(47-39-52-49-56)46-33-27-26-32-43-54(42-31-25-22-20-17-14-10-6-2)45-36-38-51(58)59-48-35-12-8-4/h49H,5-48H2,1-4H3,(H,52,56). The lowest BCUT2D eigenvalue weighted by Gasteiger charge is -2.24. The van der Waals surface area contributed by atoms with Crippen LogP contribution in [0.25, 0.3) is 0 Å². The van der Waals surface area contributed by atoms with Crippen LogP contribution in [0.2, 0.25) is 0 Å². The van der Waals surface area contributed by atoms with E-state index in [4.69, 9.17) is 4.74 Å². The smallest absolute Gasteiger partial charge is 0.305 e. The van der Waals surface area contributed by atoms with Gasteiger partial charge in [-0.25, -0.2) is 0 Å². The van der Waals surface area contributed by atoms with Gasteiger partial charge in [0.05, 0.1) is 6.61 Å². The molecule has 0 aromatic heterocycles. The molecule has 0 saturated heterocycles. The van der Waals surface area contributed by atoms with E-state index in [1.807, 2.05) is 4.90 Å². The number of ether oxygens (including phenoxy) is 1. The van der Waals surface area contributed by atoms with Crippen molar-refractivity contribution in [2.75, 3.05) is 65.5 Å². The Bertz CT molecular complexity index is 890. The van der Waals surface area contributed by atoms with Gasteiger partial charge in [-0.15, -0.1) is 0 Å². The molecule has 1 N–H and O–H groups in total. The van der Waals surface area contributed by atoms with Crippen molar-refractivity contribution in [1.29, 1.82) is 0 Å². The van der Waals surface area contributed by atoms with E-state index in [0.29, 0.717) is 32.5 Å². The minimum absolute atomic E-state index is 0.0462. The molecule has 0 aromatic carbocycles. The molecular weight excluding hydrogens is 733 g/mol. The van der Waals surface area contributed by atoms with Gasteiger partial charge in [-0.3, -0.25) is 14.4 Å². The third-order valence-electron chi connectivity index (χ3n) is 12.1. The Labute approximate surface area is 367 Å². The van der Waals surface area contributed by atoms with Crippen molar-refractivity contribution in [2.24, 2.45) is 0 Å². The first-order valence-electron chi connectivity index (χ1n) is 26.1. The Hall–Kier alpha value is -1.67. The third kappa shape index (κ3) is 41.5. The molecule has 0 heterocycles. The second-order valence-corrected chi connectivity index (χ2v) is 17.8. The summed E-state index contributed by atoms with van der Waals surface area (Å²) in [6, 6.07) is 0. The van der Waals surface area contributed by atoms with Crippen LogP contribution in [-0.4, -0.2) is 98.5 Å². The number of hydrogen-bond donors (Lipinski definition) is 1. The number of esters is 1. The summed E-state index contributed by atoms with van der Waals surface area (Å²) in [7, 11) is 0. The molecule has 0 spiro atoms. The molecule has 2 amide bonds. The summed E-state index contributed by atoms with van der Waals surface area (Å²) in [5.74, 6) is 0.193. The van der Waals surface area contributed by atoms with E-state index in [9.17, 15) is 14.4 Å². The molecule has 0 aromatic rings. The molecule has 0 atom stereocenters. The van der Waals surface area contributed by atoms with Crippen molar-refractivity contribution in [3.05, 3.63) is 0 Å². The lowest BCUT2D eigenvalue weighted by atomic mass is 10.1. The van der Waals surface area contributed by atoms with Crippen LogP contribution < -0.4 is 5.32 Å². The van der Waals surface area contributed by atoms with Crippen LogP contribution in [0.3, 0.4) is 0 Å². The van der Waals surface area contributed by atoms with Gasteiger partial charge in [0, 0.05) is 32.5 Å². The van der Waals surface area contributed by atoms with E-state index in [1.165, 1.54) is 154 Å². The fraction of sp³-hybridized carbons (Fsp3) is 0.941. The molecule has 0 aliphatic carbocycles. The third-order valence-corrected chi connectivity index (χ3v) is 12.1. The zero-order chi connectivity index (χ0) is 43.1. The number of hydrogen-bond acceptors (Lipinski definition) is 6. The number of carbonyl (C=O) groups excluding carboxylic acids is 3. The van der Waals surface area contributed by atoms with Crippen molar-refractivity contribution >= 4 is 18.3 Å². The number of nitrogens with one attached hydrogen (secondary N) is 1. The van der Waals surface area contributed by atoms with Crippen molar-refractivity contribution < 1.29 is 19.1 Å². The van der Waals surface area contributed by atoms with Crippen LogP contribution in [0.4, 0.5) is 0 Å². The van der Waals surface area contributed by atoms with Crippen molar-refractivity contribution in [3.63, 3.8) is 0 Å². The molecule has 0 unspecified atom stereocenters. The summed E-state index contributed by atoms with van der Waals surface area (Å²) < 4.78 is 5.46. The van der Waals surface area contributed by atoms with Gasteiger partial charge in [0.15, 0.2) is 0 Å². The molecule has 0 bridgehead atoms. The van der Waals surface area contributed by atoms with E-state index < -0.39 is 0 Å². The zero-order valence-corrected chi connectivity index (χ0v) is 40.2. The Morgan fingerprint density at radius 3 is 1.19 bits per heavy atom. The highest BCUT2D eigenvalue weighted by Gasteiger charge is 2.14. The van der Waals surface area contributed by atoms with Gasteiger partial charge in [-0.2, -0.15) is 0 Å². The number of carbonyl (C=O) groups is 3. The molecule has 8 heteroatoms. The fourth-order valence-electron chi connectivity index (χ4n) is 8.16. The Kier molecular flexibility index (Phi) is 46.0. The van der Waals surface area contributed by atoms with Gasteiger partial charge in [-0.1, -0.05) is 175 Å². The van der Waals surface area contributed by atoms with Crippen LogP contribution in [-0.2, 0) is 19.1 Å². The Balaban J connectivity index is 4.76. The average molecular weight is 835 g/mol. The summed E-state index contributed by atoms with van der Waals surface area (Å²) in [6.45, 7) is 18.1. The molecule has 0 radical (unpaired) electrons. The molecular formula is C51H102N4O4. The minimum atomic E-state index is -0.0462. The number of nitrogens with zero attached hydrogens (tertiary/aromatic N) is 3. The van der Waals surface area contributed by atoms with E-state index in [2.05, 4.69) is 42.8 Å². The predicted octanol–water partition coefficient (Wildman–Crippen LogP) is 13.1. The molecule has 0 saturated carbocycles. The maximum absolute atomic E-state index is 13.4. The summed E-state index contributed by atoms with van der Waals surface area (Å²) in [5.41, 5.74) is 0. The van der Waals surface area contributed by atoms with E-state index >= 15 is 0 Å². The second-order valence-electron chi connectivity index (χ2n) is 17.8. The largest absolute Gasteiger partial charge is 0.466 e. The van der Waals surface area contributed by atoms with Gasteiger partial charge < -0.3 is 24.8 Å². The summed E-state index contributed by atoms with van der Waals surface area (Å²) in [4.78, 5) is 44.0. The van der Waals surface area contributed by atoms with Gasteiger partial charge >= 0.3 is 5.97 Å². The fourth-order valence-corrected chi connectivity index (χ4v) is 8.16. The highest BCUT2D eigenvalue weighted by molar-refractivity contribution is 5.76. The molecule has 59 heavy (non-hydrogen) atoms. The summed E-state index contributed by atoms with van der Waals surface area (Å²) in [5, 5.41) is 2.77. The maximum atomic E-state index is 13.4. The van der Waals surface area contributed by atoms with Crippen LogP contribution in [0.15, 0.2) is 0 Å². The number of rotatable bonds is 49. The first-order chi connectivity index (χ1) is 29.0. The Morgan fingerprint density at radius 1 is 0.407 bits per heavy atom. The molecule has 0 fully saturated rings. The molecule has 0 aliphatic heterocycles. The first kappa shape index (κ1) is 57.3. The predicted molar refractivity (Wildman–Crippen MR) is 254 cm³/mol. The van der Waals surface area contributed by atoms with Gasteiger partial charge in [-0.05, 0) is 97.1 Å². The van der Waals surface area contributed by atoms with E-state index in [0.717, 1.165) is 103 Å². The van der Waals surface area contributed by atoms with Gasteiger partial charge in [0.1, 0.15) is 0 Å². The van der Waals surface area contributed by atoms with Crippen LogP contribution in [0.5, 0.6) is 0 Å². The first-order valence-corrected chi connectivity index (χ1v) is 26.1. The maximum Gasteiger partial charge on any atom is 0.305 e. The zero-order valence-electron chi connectivity index (χ0n) is 40.2. The lowest BCUT2D eigenvalue weighted by Crippen LogP contribution is -2.37. The number of amides is 2. The molecule has 350 valence electrons.